The number of nitrogens with zero attached hydrogens (tertiary/aromatic N) is 1. The Morgan fingerprint density at radius 3 is 2.21 bits per heavy atom. The number of hydrogen-bond acceptors (Lipinski definition) is 1. The van der Waals surface area contributed by atoms with Crippen LogP contribution in [0.5, 0.6) is 0 Å². The molecule has 0 aliphatic rings. The molecule has 0 fully saturated rings. The van der Waals surface area contributed by atoms with Crippen molar-refractivity contribution in [3.05, 3.63) is 25.6 Å². The van der Waals surface area contributed by atoms with Gasteiger partial charge in [0.1, 0.15) is 5.84 Å². The zero-order valence-electron chi connectivity index (χ0n) is 6.90. The van der Waals surface area contributed by atoms with Crippen molar-refractivity contribution in [2.45, 2.75) is 0 Å². The van der Waals surface area contributed by atoms with Gasteiger partial charge in [-0.05, 0) is 44.0 Å². The molecule has 0 unspecified atom stereocenters. The highest BCUT2D eigenvalue weighted by atomic mass is 79.9. The molecular weight excluding hydrogens is 399 g/mol. The van der Waals surface area contributed by atoms with Crippen molar-refractivity contribution in [3.8, 4) is 0 Å². The third-order valence-corrected chi connectivity index (χ3v) is 3.31. The third-order valence-electron chi connectivity index (χ3n) is 1.37. The largest absolute Gasteiger partial charge is 0.386 e. The molecule has 14 heavy (non-hydrogen) atoms. The molecule has 0 aliphatic carbocycles. The third kappa shape index (κ3) is 3.22. The van der Waals surface area contributed by atoms with E-state index in [4.69, 9.17) is 17.3 Å². The monoisotopic (exact) mass is 402 g/mol. The van der Waals surface area contributed by atoms with E-state index < -0.39 is 0 Å². The summed E-state index contributed by atoms with van der Waals surface area (Å²) < 4.78 is 2.67. The number of halogens is 4. The Morgan fingerprint density at radius 2 is 1.79 bits per heavy atom. The molecule has 0 spiro atoms. The molecule has 0 aliphatic heterocycles. The molecule has 76 valence electrons. The maximum atomic E-state index is 5.55. The number of benzene rings is 1. The van der Waals surface area contributed by atoms with Crippen LogP contribution in [0.25, 0.3) is 0 Å². The molecular formula is C8H6Br3ClN2. The van der Waals surface area contributed by atoms with Crippen LogP contribution in [0.3, 0.4) is 0 Å². The molecule has 1 aromatic carbocycles. The van der Waals surface area contributed by atoms with Crippen LogP contribution >= 0.6 is 59.4 Å². The molecule has 0 amide bonds. The number of alkyl halides is 1. The average Bonchev–Trinajstić information content (AvgIpc) is 2.10. The summed E-state index contributed by atoms with van der Waals surface area (Å²) >= 11 is 15.7. The van der Waals surface area contributed by atoms with Crippen LogP contribution < -0.4 is 5.73 Å². The van der Waals surface area contributed by atoms with Gasteiger partial charge in [-0.3, -0.25) is 0 Å². The Morgan fingerprint density at radius 1 is 1.29 bits per heavy atom. The Kier molecular flexibility index (Phi) is 4.90. The maximum Gasteiger partial charge on any atom is 0.115 e. The van der Waals surface area contributed by atoms with Crippen LogP contribution in [0.4, 0.5) is 5.69 Å². The molecule has 2 nitrogen and oxygen atoms in total. The lowest BCUT2D eigenvalue weighted by Gasteiger charge is -2.04. The zero-order valence-corrected chi connectivity index (χ0v) is 12.4. The second-order valence-electron chi connectivity index (χ2n) is 2.45. The van der Waals surface area contributed by atoms with E-state index in [9.17, 15) is 0 Å². The van der Waals surface area contributed by atoms with Gasteiger partial charge in [0, 0.05) is 13.4 Å². The molecule has 0 radical (unpaired) electrons. The molecule has 0 bridgehead atoms. The highest BCUT2D eigenvalue weighted by Gasteiger charge is 2.06. The van der Waals surface area contributed by atoms with Crippen LogP contribution in [0.1, 0.15) is 0 Å². The summed E-state index contributed by atoms with van der Waals surface area (Å²) in [5.41, 5.74) is 6.29. The summed E-state index contributed by atoms with van der Waals surface area (Å²) in [6.07, 6.45) is 0. The number of nitrogens with two attached hydrogens (primary N) is 1. The zero-order chi connectivity index (χ0) is 10.7. The lowest BCUT2D eigenvalue weighted by Crippen LogP contribution is -2.12. The summed E-state index contributed by atoms with van der Waals surface area (Å²) in [5.74, 6) is 0.602. The van der Waals surface area contributed by atoms with Crippen molar-refractivity contribution in [1.82, 2.24) is 0 Å². The van der Waals surface area contributed by atoms with E-state index in [2.05, 4.69) is 52.8 Å². The smallest absolute Gasteiger partial charge is 0.115 e. The fourth-order valence-electron chi connectivity index (χ4n) is 0.815. The van der Waals surface area contributed by atoms with E-state index in [1.807, 2.05) is 12.1 Å². The molecule has 0 aromatic heterocycles. The average molecular weight is 405 g/mol. The van der Waals surface area contributed by atoms with Gasteiger partial charge in [-0.1, -0.05) is 15.9 Å². The molecule has 0 atom stereocenters. The highest BCUT2D eigenvalue weighted by molar-refractivity contribution is 9.11. The van der Waals surface area contributed by atoms with Crippen LogP contribution in [0, 0.1) is 0 Å². The van der Waals surface area contributed by atoms with Crippen LogP contribution in [0.15, 0.2) is 30.5 Å². The Hall–Kier alpha value is 0.420. The summed E-state index contributed by atoms with van der Waals surface area (Å²) in [5, 5.41) is 0. The second kappa shape index (κ2) is 5.49. The van der Waals surface area contributed by atoms with E-state index >= 15 is 0 Å². The van der Waals surface area contributed by atoms with Crippen LogP contribution in [-0.4, -0.2) is 11.7 Å². The molecule has 1 rings (SSSR count). The van der Waals surface area contributed by atoms with Gasteiger partial charge in [0.25, 0.3) is 0 Å². The maximum absolute atomic E-state index is 5.55. The first-order valence-corrected chi connectivity index (χ1v) is 6.49. The lowest BCUT2D eigenvalue weighted by atomic mass is 10.3. The second-order valence-corrected chi connectivity index (χ2v) is 5.35. The van der Waals surface area contributed by atoms with E-state index in [1.54, 1.807) is 0 Å². The van der Waals surface area contributed by atoms with E-state index in [1.165, 1.54) is 0 Å². The van der Waals surface area contributed by atoms with Gasteiger partial charge in [-0.15, -0.1) is 11.6 Å². The molecule has 2 N–H and O–H groups in total. The van der Waals surface area contributed by atoms with E-state index in [-0.39, 0.29) is 5.88 Å². The van der Waals surface area contributed by atoms with Crippen molar-refractivity contribution in [1.29, 1.82) is 0 Å². The number of amidine groups is 1. The predicted molar refractivity (Wildman–Crippen MR) is 71.5 cm³/mol. The highest BCUT2D eigenvalue weighted by Crippen LogP contribution is 2.36. The first-order chi connectivity index (χ1) is 6.54. The molecule has 0 saturated carbocycles. The van der Waals surface area contributed by atoms with Crippen molar-refractivity contribution < 1.29 is 0 Å². The quantitative estimate of drug-likeness (QED) is 0.447. The molecule has 1 aromatic rings. The van der Waals surface area contributed by atoms with Gasteiger partial charge in [-0.2, -0.15) is 0 Å². The fourth-order valence-corrected chi connectivity index (χ4v) is 3.31. The van der Waals surface area contributed by atoms with Crippen LogP contribution in [0.2, 0.25) is 0 Å². The van der Waals surface area contributed by atoms with Gasteiger partial charge in [0.15, 0.2) is 0 Å². The van der Waals surface area contributed by atoms with Crippen molar-refractivity contribution in [3.63, 3.8) is 0 Å². The number of rotatable bonds is 2. The van der Waals surface area contributed by atoms with Gasteiger partial charge >= 0.3 is 0 Å². The van der Waals surface area contributed by atoms with E-state index in [0.29, 0.717) is 5.84 Å². The number of hydrogen-bond donors (Lipinski definition) is 1. The Labute approximate surface area is 112 Å². The first kappa shape index (κ1) is 12.5. The van der Waals surface area contributed by atoms with Gasteiger partial charge in [-0.25, -0.2) is 4.99 Å². The number of aliphatic imine (C=N–C) groups is 1. The van der Waals surface area contributed by atoms with Crippen LogP contribution in [-0.2, 0) is 0 Å². The van der Waals surface area contributed by atoms with E-state index in [0.717, 1.165) is 19.1 Å². The topological polar surface area (TPSA) is 38.4 Å². The lowest BCUT2D eigenvalue weighted by molar-refractivity contribution is 1.40. The SMILES string of the molecule is NC(CCl)=Nc1c(Br)cc(Br)cc1Br. The predicted octanol–water partition coefficient (Wildman–Crippen LogP) is 4.20. The minimum atomic E-state index is 0.217. The fraction of sp³-hybridized carbons (Fsp3) is 0.125. The minimum Gasteiger partial charge on any atom is -0.386 e. The summed E-state index contributed by atoms with van der Waals surface area (Å²) in [6, 6.07) is 3.79. The molecule has 0 saturated heterocycles. The summed E-state index contributed by atoms with van der Waals surface area (Å²) in [4.78, 5) is 4.17. The van der Waals surface area contributed by atoms with Crippen molar-refractivity contribution in [2.75, 3.05) is 5.88 Å². The molecule has 6 heteroatoms. The summed E-state index contributed by atoms with van der Waals surface area (Å²) in [7, 11) is 0. The van der Waals surface area contributed by atoms with Crippen molar-refractivity contribution in [2.24, 2.45) is 10.7 Å². The first-order valence-electron chi connectivity index (χ1n) is 3.58. The van der Waals surface area contributed by atoms with Gasteiger partial charge in [0.05, 0.1) is 11.6 Å². The minimum absolute atomic E-state index is 0.217. The van der Waals surface area contributed by atoms with Gasteiger partial charge in [0.2, 0.25) is 0 Å². The standard InChI is InChI=1S/C8H6Br3ClN2/c9-4-1-5(10)8(6(11)2-4)14-7(13)3-12/h1-2H,3H2,(H2,13,14). The normalized spacial score (nSPS) is 11.9. The Balaban J connectivity index is 3.21. The molecule has 0 heterocycles. The Bertz CT molecular complexity index is 356. The summed E-state index contributed by atoms with van der Waals surface area (Å²) in [6.45, 7) is 0. The van der Waals surface area contributed by atoms with Crippen molar-refractivity contribution >= 4 is 70.9 Å². The van der Waals surface area contributed by atoms with Gasteiger partial charge < -0.3 is 5.73 Å².